The van der Waals surface area contributed by atoms with Crippen molar-refractivity contribution in [1.29, 1.82) is 0 Å². The molecule has 0 radical (unpaired) electrons. The number of benzene rings is 1. The quantitative estimate of drug-likeness (QED) is 0.454. The van der Waals surface area contributed by atoms with Crippen LogP contribution in [0.4, 0.5) is 0 Å². The summed E-state index contributed by atoms with van der Waals surface area (Å²) >= 11 is 0. The van der Waals surface area contributed by atoms with Crippen LogP contribution in [0.1, 0.15) is 22.6 Å². The third-order valence-electron chi connectivity index (χ3n) is 5.93. The third kappa shape index (κ3) is 3.60. The van der Waals surface area contributed by atoms with Crippen LogP contribution in [0, 0.1) is 11.8 Å². The SMILES string of the molecule is CN1CC[C@@](O)(C#Cc2cccc(-c3nc(C(N)=O)n4cc(-c5ccn(C)n5)ccc34)c2)C1=O. The van der Waals surface area contributed by atoms with E-state index >= 15 is 0 Å². The van der Waals surface area contributed by atoms with Crippen molar-refractivity contribution in [2.24, 2.45) is 12.8 Å². The summed E-state index contributed by atoms with van der Waals surface area (Å²) in [5.41, 5.74) is 8.13. The van der Waals surface area contributed by atoms with E-state index in [1.165, 1.54) is 4.90 Å². The number of pyridine rings is 1. The summed E-state index contributed by atoms with van der Waals surface area (Å²) in [6.45, 7) is 0.459. The molecule has 3 N–H and O–H groups in total. The number of aliphatic hydroxyl groups is 1. The molecule has 1 atom stereocenters. The van der Waals surface area contributed by atoms with Gasteiger partial charge in [-0.3, -0.25) is 18.7 Å². The number of carbonyl (C=O) groups is 2. The molecule has 9 nitrogen and oxygen atoms in total. The molecule has 3 aromatic heterocycles. The second-order valence-electron chi connectivity index (χ2n) is 8.36. The van der Waals surface area contributed by atoms with E-state index in [9.17, 15) is 14.7 Å². The van der Waals surface area contributed by atoms with Gasteiger partial charge < -0.3 is 15.7 Å². The Kier molecular flexibility index (Phi) is 4.96. The van der Waals surface area contributed by atoms with Gasteiger partial charge in [0.2, 0.25) is 11.4 Å². The van der Waals surface area contributed by atoms with Crippen molar-refractivity contribution in [2.45, 2.75) is 12.0 Å². The van der Waals surface area contributed by atoms with Crippen molar-refractivity contribution in [3.63, 3.8) is 0 Å². The summed E-state index contributed by atoms with van der Waals surface area (Å²) in [4.78, 5) is 30.3. The normalized spacial score (nSPS) is 17.7. The predicted octanol–water partition coefficient (Wildman–Crippen LogP) is 1.45. The van der Waals surface area contributed by atoms with Crippen molar-refractivity contribution in [2.75, 3.05) is 13.6 Å². The number of amides is 2. The highest BCUT2D eigenvalue weighted by atomic mass is 16.3. The molecule has 4 aromatic rings. The maximum absolute atomic E-state index is 12.2. The van der Waals surface area contributed by atoms with Gasteiger partial charge in [0.25, 0.3) is 11.8 Å². The Morgan fingerprint density at radius 1 is 1.18 bits per heavy atom. The molecule has 1 aliphatic rings. The minimum atomic E-state index is -1.67. The number of nitrogens with zero attached hydrogens (tertiary/aromatic N) is 5. The second-order valence-corrected chi connectivity index (χ2v) is 8.36. The van der Waals surface area contributed by atoms with Gasteiger partial charge >= 0.3 is 0 Å². The molecule has 34 heavy (non-hydrogen) atoms. The molecule has 1 fully saturated rings. The summed E-state index contributed by atoms with van der Waals surface area (Å²) in [7, 11) is 3.48. The molecule has 2 amide bonds. The van der Waals surface area contributed by atoms with Crippen LogP contribution >= 0.6 is 0 Å². The predicted molar refractivity (Wildman–Crippen MR) is 125 cm³/mol. The zero-order chi connectivity index (χ0) is 24.0. The van der Waals surface area contributed by atoms with E-state index in [1.807, 2.05) is 43.6 Å². The van der Waals surface area contributed by atoms with E-state index < -0.39 is 17.4 Å². The first kappa shape index (κ1) is 21.4. The van der Waals surface area contributed by atoms with E-state index in [2.05, 4.69) is 21.9 Å². The zero-order valence-corrected chi connectivity index (χ0v) is 18.7. The Morgan fingerprint density at radius 2 is 2.00 bits per heavy atom. The Balaban J connectivity index is 1.57. The first-order valence-corrected chi connectivity index (χ1v) is 10.7. The van der Waals surface area contributed by atoms with Crippen LogP contribution in [0.5, 0.6) is 0 Å². The number of hydrogen-bond donors (Lipinski definition) is 2. The Hall–Kier alpha value is -4.42. The number of likely N-dealkylation sites (tertiary alicyclic amines) is 1. The van der Waals surface area contributed by atoms with Gasteiger partial charge in [-0.05, 0) is 30.3 Å². The minimum absolute atomic E-state index is 0.105. The first-order valence-electron chi connectivity index (χ1n) is 10.7. The summed E-state index contributed by atoms with van der Waals surface area (Å²) in [6, 6.07) is 12.9. The highest BCUT2D eigenvalue weighted by molar-refractivity contribution is 5.94. The number of likely N-dealkylation sites (N-methyl/N-ethyl adjacent to an activating group) is 1. The van der Waals surface area contributed by atoms with Crippen molar-refractivity contribution < 1.29 is 14.7 Å². The Labute approximate surface area is 195 Å². The van der Waals surface area contributed by atoms with E-state index in [1.54, 1.807) is 34.5 Å². The second kappa shape index (κ2) is 7.86. The molecule has 1 saturated heterocycles. The summed E-state index contributed by atoms with van der Waals surface area (Å²) in [6.07, 6.45) is 3.89. The standard InChI is InChI=1S/C25H22N6O3/c1-29-13-11-25(34,24(29)33)10-8-16-4-3-5-17(14-16)21-20-7-6-18(19-9-12-30(2)28-19)15-31(20)23(27-21)22(26)32/h3-7,9,12,14-15,34H,11,13H2,1-2H3,(H2,26,32)/t25-/m0/s1. The number of nitrogens with two attached hydrogens (primary N) is 1. The van der Waals surface area contributed by atoms with Gasteiger partial charge in [-0.1, -0.05) is 24.0 Å². The van der Waals surface area contributed by atoms with Crippen LogP contribution in [-0.4, -0.2) is 60.2 Å². The number of carbonyl (C=O) groups excluding carboxylic acids is 2. The van der Waals surface area contributed by atoms with Crippen LogP contribution in [0.15, 0.2) is 54.9 Å². The molecule has 9 heteroatoms. The van der Waals surface area contributed by atoms with Crippen molar-refractivity contribution in [3.8, 4) is 34.4 Å². The fraction of sp³-hybridized carbons (Fsp3) is 0.200. The maximum Gasteiger partial charge on any atom is 0.285 e. The van der Waals surface area contributed by atoms with Gasteiger partial charge in [0, 0.05) is 56.1 Å². The number of aromatic nitrogens is 4. The van der Waals surface area contributed by atoms with Crippen LogP contribution < -0.4 is 5.73 Å². The number of imidazole rings is 1. The summed E-state index contributed by atoms with van der Waals surface area (Å²) in [5.74, 6) is 4.70. The lowest BCUT2D eigenvalue weighted by molar-refractivity contribution is -0.137. The topological polar surface area (TPSA) is 119 Å². The van der Waals surface area contributed by atoms with Gasteiger partial charge in [-0.2, -0.15) is 5.10 Å². The Morgan fingerprint density at radius 3 is 2.68 bits per heavy atom. The molecule has 170 valence electrons. The maximum atomic E-state index is 12.2. The molecule has 4 heterocycles. The number of aryl methyl sites for hydroxylation is 1. The average Bonchev–Trinajstić information content (AvgIpc) is 3.50. The highest BCUT2D eigenvalue weighted by Gasteiger charge is 2.42. The van der Waals surface area contributed by atoms with Gasteiger partial charge in [0.1, 0.15) is 0 Å². The van der Waals surface area contributed by atoms with Gasteiger partial charge in [0.05, 0.1) is 16.9 Å². The van der Waals surface area contributed by atoms with Gasteiger partial charge in [-0.25, -0.2) is 4.98 Å². The summed E-state index contributed by atoms with van der Waals surface area (Å²) in [5, 5.41) is 15.0. The minimum Gasteiger partial charge on any atom is -0.369 e. The van der Waals surface area contributed by atoms with E-state index in [0.717, 1.165) is 16.8 Å². The smallest absolute Gasteiger partial charge is 0.285 e. The highest BCUT2D eigenvalue weighted by Crippen LogP contribution is 2.28. The molecule has 0 spiro atoms. The molecular formula is C25H22N6O3. The first-order chi connectivity index (χ1) is 16.2. The van der Waals surface area contributed by atoms with Crippen LogP contribution in [0.3, 0.4) is 0 Å². The van der Waals surface area contributed by atoms with E-state index in [0.29, 0.717) is 23.3 Å². The van der Waals surface area contributed by atoms with Crippen LogP contribution in [0.2, 0.25) is 0 Å². The molecule has 1 aliphatic heterocycles. The van der Waals surface area contributed by atoms with Crippen LogP contribution in [-0.2, 0) is 11.8 Å². The zero-order valence-electron chi connectivity index (χ0n) is 18.7. The van der Waals surface area contributed by atoms with Crippen molar-refractivity contribution in [1.82, 2.24) is 24.1 Å². The van der Waals surface area contributed by atoms with Gasteiger partial charge in [0.15, 0.2) is 0 Å². The third-order valence-corrected chi connectivity index (χ3v) is 5.93. The van der Waals surface area contributed by atoms with E-state index in [-0.39, 0.29) is 12.2 Å². The van der Waals surface area contributed by atoms with Crippen molar-refractivity contribution >= 4 is 17.3 Å². The molecule has 5 rings (SSSR count). The molecule has 1 aromatic carbocycles. The number of rotatable bonds is 3. The summed E-state index contributed by atoms with van der Waals surface area (Å²) < 4.78 is 3.36. The molecule has 0 unspecified atom stereocenters. The Bertz CT molecular complexity index is 1520. The largest absolute Gasteiger partial charge is 0.369 e. The number of fused-ring (bicyclic) bond motifs is 1. The van der Waals surface area contributed by atoms with E-state index in [4.69, 9.17) is 5.73 Å². The van der Waals surface area contributed by atoms with Crippen LogP contribution in [0.25, 0.3) is 28.0 Å². The van der Waals surface area contributed by atoms with Gasteiger partial charge in [-0.15, -0.1) is 0 Å². The fourth-order valence-electron chi connectivity index (χ4n) is 4.08. The molecular weight excluding hydrogens is 432 g/mol. The molecule has 0 saturated carbocycles. The monoisotopic (exact) mass is 454 g/mol. The number of primary amides is 1. The average molecular weight is 454 g/mol. The lowest BCUT2D eigenvalue weighted by atomic mass is 10.0. The lowest BCUT2D eigenvalue weighted by Crippen LogP contribution is -2.37. The number of hydrogen-bond acceptors (Lipinski definition) is 5. The lowest BCUT2D eigenvalue weighted by Gasteiger charge is -2.13. The molecule has 0 aliphatic carbocycles. The molecule has 0 bridgehead atoms. The fourth-order valence-corrected chi connectivity index (χ4v) is 4.08. The van der Waals surface area contributed by atoms with Crippen molar-refractivity contribution in [3.05, 3.63) is 66.2 Å².